The number of aliphatic hydroxyl groups is 1. The van der Waals surface area contributed by atoms with Crippen molar-refractivity contribution in [1.29, 1.82) is 0 Å². The number of aliphatic hydroxyl groups excluding tert-OH is 1. The molecule has 0 saturated heterocycles. The number of nitro benzene ring substituents is 1. The first-order chi connectivity index (χ1) is 10.2. The van der Waals surface area contributed by atoms with Crippen LogP contribution in [0.2, 0.25) is 0 Å². The van der Waals surface area contributed by atoms with E-state index >= 15 is 0 Å². The van der Waals surface area contributed by atoms with Crippen LogP contribution < -0.4 is 9.47 Å². The van der Waals surface area contributed by atoms with Crippen LogP contribution in [0.25, 0.3) is 0 Å². The van der Waals surface area contributed by atoms with E-state index in [1.54, 1.807) is 24.3 Å². The van der Waals surface area contributed by atoms with Crippen LogP contribution in [0.5, 0.6) is 17.2 Å². The smallest absolute Gasteiger partial charge is 0.352 e. The van der Waals surface area contributed by atoms with E-state index in [9.17, 15) is 10.1 Å². The van der Waals surface area contributed by atoms with Crippen molar-refractivity contribution in [3.05, 3.63) is 58.1 Å². The van der Waals surface area contributed by atoms with Gasteiger partial charge in [-0.05, 0) is 30.2 Å². The number of rotatable bonds is 6. The molecule has 0 aliphatic rings. The largest absolute Gasteiger partial charge is 0.490 e. The quantitative estimate of drug-likeness (QED) is 0.653. The molecule has 1 N–H and O–H groups in total. The van der Waals surface area contributed by atoms with Crippen LogP contribution in [0.15, 0.2) is 42.5 Å². The van der Waals surface area contributed by atoms with Crippen molar-refractivity contribution in [3.63, 3.8) is 0 Å². The van der Waals surface area contributed by atoms with Crippen molar-refractivity contribution in [2.45, 2.75) is 6.42 Å². The average molecular weight is 289 g/mol. The van der Waals surface area contributed by atoms with Gasteiger partial charge in [0.15, 0.2) is 0 Å². The number of para-hydroxylation sites is 2. The Morgan fingerprint density at radius 2 is 1.76 bits per heavy atom. The van der Waals surface area contributed by atoms with Gasteiger partial charge in [0.05, 0.1) is 12.0 Å². The Morgan fingerprint density at radius 3 is 2.43 bits per heavy atom. The summed E-state index contributed by atoms with van der Waals surface area (Å²) in [6, 6.07) is 11.7. The molecule has 0 aliphatic carbocycles. The van der Waals surface area contributed by atoms with E-state index in [0.29, 0.717) is 12.2 Å². The molecule has 0 fully saturated rings. The molecule has 2 rings (SSSR count). The van der Waals surface area contributed by atoms with Crippen LogP contribution >= 0.6 is 0 Å². The molecule has 0 atom stereocenters. The van der Waals surface area contributed by atoms with Crippen LogP contribution in [-0.2, 0) is 6.42 Å². The standard InChI is InChI=1S/C15H15NO5/c1-20-13-7-4-8-14(15(13)16(18)19)21-12-6-3-2-5-11(12)9-10-17/h2-8,17H,9-10H2,1H3. The van der Waals surface area contributed by atoms with E-state index in [-0.39, 0.29) is 23.8 Å². The normalized spacial score (nSPS) is 10.2. The molecule has 0 aromatic heterocycles. The van der Waals surface area contributed by atoms with Crippen LogP contribution in [0, 0.1) is 10.1 Å². The second kappa shape index (κ2) is 6.71. The highest BCUT2D eigenvalue weighted by atomic mass is 16.6. The Labute approximate surface area is 121 Å². The van der Waals surface area contributed by atoms with Crippen LogP contribution in [0.3, 0.4) is 0 Å². The van der Waals surface area contributed by atoms with Gasteiger partial charge >= 0.3 is 5.69 Å². The van der Waals surface area contributed by atoms with Gasteiger partial charge in [-0.2, -0.15) is 0 Å². The van der Waals surface area contributed by atoms with E-state index in [1.165, 1.54) is 19.2 Å². The molecule has 0 amide bonds. The molecule has 110 valence electrons. The van der Waals surface area contributed by atoms with E-state index in [0.717, 1.165) is 5.56 Å². The maximum Gasteiger partial charge on any atom is 0.352 e. The minimum Gasteiger partial charge on any atom is -0.490 e. The molecule has 0 saturated carbocycles. The number of ether oxygens (including phenoxy) is 2. The lowest BCUT2D eigenvalue weighted by Gasteiger charge is -2.11. The summed E-state index contributed by atoms with van der Waals surface area (Å²) in [5, 5.41) is 20.3. The topological polar surface area (TPSA) is 81.8 Å². The molecule has 6 heteroatoms. The molecule has 2 aromatic rings. The van der Waals surface area contributed by atoms with Crippen LogP contribution in [0.1, 0.15) is 5.56 Å². The molecular weight excluding hydrogens is 274 g/mol. The van der Waals surface area contributed by atoms with Crippen LogP contribution in [-0.4, -0.2) is 23.7 Å². The summed E-state index contributed by atoms with van der Waals surface area (Å²) in [5.41, 5.74) is 0.552. The van der Waals surface area contributed by atoms with Gasteiger partial charge in [0.2, 0.25) is 11.5 Å². The van der Waals surface area contributed by atoms with Gasteiger partial charge in [-0.1, -0.05) is 24.3 Å². The zero-order valence-corrected chi connectivity index (χ0v) is 11.5. The third kappa shape index (κ3) is 3.29. The van der Waals surface area contributed by atoms with Crippen molar-refractivity contribution < 1.29 is 19.5 Å². The predicted octanol–water partition coefficient (Wildman–Crippen LogP) is 2.93. The van der Waals surface area contributed by atoms with E-state index in [1.807, 2.05) is 6.07 Å². The van der Waals surface area contributed by atoms with Crippen molar-refractivity contribution >= 4 is 5.69 Å². The minimum atomic E-state index is -0.539. The third-order valence-corrected chi connectivity index (χ3v) is 2.94. The molecule has 21 heavy (non-hydrogen) atoms. The number of hydrogen-bond donors (Lipinski definition) is 1. The highest BCUT2D eigenvalue weighted by Crippen LogP contribution is 2.39. The Bertz CT molecular complexity index is 642. The fourth-order valence-corrected chi connectivity index (χ4v) is 1.98. The van der Waals surface area contributed by atoms with Crippen molar-refractivity contribution in [2.24, 2.45) is 0 Å². The lowest BCUT2D eigenvalue weighted by molar-refractivity contribution is -0.386. The summed E-state index contributed by atoms with van der Waals surface area (Å²) in [6.45, 7) is -0.0272. The first-order valence-corrected chi connectivity index (χ1v) is 6.35. The van der Waals surface area contributed by atoms with Crippen LogP contribution in [0.4, 0.5) is 5.69 Å². The highest BCUT2D eigenvalue weighted by Gasteiger charge is 2.22. The van der Waals surface area contributed by atoms with E-state index in [2.05, 4.69) is 0 Å². The molecular formula is C15H15NO5. The van der Waals surface area contributed by atoms with E-state index in [4.69, 9.17) is 14.6 Å². The molecule has 2 aromatic carbocycles. The van der Waals surface area contributed by atoms with Crippen molar-refractivity contribution in [1.82, 2.24) is 0 Å². The summed E-state index contributed by atoms with van der Waals surface area (Å²) in [6.07, 6.45) is 0.411. The number of nitrogens with zero attached hydrogens (tertiary/aromatic N) is 1. The first kappa shape index (κ1) is 14.8. The van der Waals surface area contributed by atoms with Gasteiger partial charge in [0, 0.05) is 6.61 Å². The highest BCUT2D eigenvalue weighted by molar-refractivity contribution is 5.58. The fraction of sp³-hybridized carbons (Fsp3) is 0.200. The number of nitro groups is 1. The minimum absolute atomic E-state index is 0.0272. The lowest BCUT2D eigenvalue weighted by atomic mass is 10.1. The molecule has 0 unspecified atom stereocenters. The maximum atomic E-state index is 11.2. The third-order valence-electron chi connectivity index (χ3n) is 2.94. The Kier molecular flexibility index (Phi) is 4.73. The first-order valence-electron chi connectivity index (χ1n) is 6.35. The SMILES string of the molecule is COc1cccc(Oc2ccccc2CCO)c1[N+](=O)[O-]. The molecule has 0 radical (unpaired) electrons. The fourth-order valence-electron chi connectivity index (χ4n) is 1.98. The number of benzene rings is 2. The summed E-state index contributed by atoms with van der Waals surface area (Å²) < 4.78 is 10.7. The molecule has 0 aliphatic heterocycles. The molecule has 0 bridgehead atoms. The second-order valence-electron chi connectivity index (χ2n) is 4.25. The zero-order chi connectivity index (χ0) is 15.2. The van der Waals surface area contributed by atoms with Gasteiger partial charge in [0.25, 0.3) is 0 Å². The van der Waals surface area contributed by atoms with Gasteiger partial charge in [-0.25, -0.2) is 0 Å². The molecule has 6 nitrogen and oxygen atoms in total. The van der Waals surface area contributed by atoms with E-state index < -0.39 is 4.92 Å². The Morgan fingerprint density at radius 1 is 1.10 bits per heavy atom. The van der Waals surface area contributed by atoms with Crippen molar-refractivity contribution in [2.75, 3.05) is 13.7 Å². The van der Waals surface area contributed by atoms with Gasteiger partial charge < -0.3 is 14.6 Å². The lowest BCUT2D eigenvalue weighted by Crippen LogP contribution is -1.99. The monoisotopic (exact) mass is 289 g/mol. The zero-order valence-electron chi connectivity index (χ0n) is 11.5. The summed E-state index contributed by atoms with van der Waals surface area (Å²) in [5.74, 6) is 0.713. The average Bonchev–Trinajstić information content (AvgIpc) is 2.49. The summed E-state index contributed by atoms with van der Waals surface area (Å²) >= 11 is 0. The number of hydrogen-bond acceptors (Lipinski definition) is 5. The van der Waals surface area contributed by atoms with Crippen molar-refractivity contribution in [3.8, 4) is 17.2 Å². The predicted molar refractivity (Wildman–Crippen MR) is 77.0 cm³/mol. The molecule has 0 heterocycles. The summed E-state index contributed by atoms with van der Waals surface area (Å²) in [4.78, 5) is 10.7. The maximum absolute atomic E-state index is 11.2. The Balaban J connectivity index is 2.42. The summed E-state index contributed by atoms with van der Waals surface area (Å²) in [7, 11) is 1.37. The van der Waals surface area contributed by atoms with Gasteiger partial charge in [-0.3, -0.25) is 10.1 Å². The van der Waals surface area contributed by atoms with Gasteiger partial charge in [0.1, 0.15) is 5.75 Å². The molecule has 0 spiro atoms. The van der Waals surface area contributed by atoms with Gasteiger partial charge in [-0.15, -0.1) is 0 Å². The second-order valence-corrected chi connectivity index (χ2v) is 4.25. The Hall–Kier alpha value is -2.60. The number of methoxy groups -OCH3 is 1.